The standard InChI is InChI=1S/C9H17N3O2/c1-3-6-13-7-9-12-11-8(14-9)4-5-10-2/h10H,3-7H2,1-2H3. The largest absolute Gasteiger partial charge is 0.423 e. The molecule has 0 radical (unpaired) electrons. The normalized spacial score (nSPS) is 10.7. The van der Waals surface area contributed by atoms with Gasteiger partial charge < -0.3 is 14.5 Å². The molecule has 1 N–H and O–H groups in total. The van der Waals surface area contributed by atoms with Crippen LogP contribution in [0.5, 0.6) is 0 Å². The maximum Gasteiger partial charge on any atom is 0.242 e. The number of aromatic nitrogens is 2. The van der Waals surface area contributed by atoms with Crippen LogP contribution in [0, 0.1) is 0 Å². The predicted molar refractivity (Wildman–Crippen MR) is 51.9 cm³/mol. The number of ether oxygens (including phenoxy) is 1. The highest BCUT2D eigenvalue weighted by Gasteiger charge is 2.04. The van der Waals surface area contributed by atoms with Gasteiger partial charge in [0.2, 0.25) is 11.8 Å². The first-order valence-corrected chi connectivity index (χ1v) is 4.90. The number of likely N-dealkylation sites (N-methyl/N-ethyl adjacent to an activating group) is 1. The first-order valence-electron chi connectivity index (χ1n) is 4.90. The molecule has 14 heavy (non-hydrogen) atoms. The van der Waals surface area contributed by atoms with Gasteiger partial charge in [0, 0.05) is 19.6 Å². The van der Waals surface area contributed by atoms with Crippen molar-refractivity contribution in [2.24, 2.45) is 0 Å². The maximum absolute atomic E-state index is 5.35. The summed E-state index contributed by atoms with van der Waals surface area (Å²) in [7, 11) is 1.89. The van der Waals surface area contributed by atoms with Crippen LogP contribution in [0.3, 0.4) is 0 Å². The van der Waals surface area contributed by atoms with E-state index in [0.29, 0.717) is 18.4 Å². The molecule has 0 unspecified atom stereocenters. The molecule has 5 heteroatoms. The van der Waals surface area contributed by atoms with Gasteiger partial charge >= 0.3 is 0 Å². The summed E-state index contributed by atoms with van der Waals surface area (Å²) in [5.41, 5.74) is 0. The Morgan fingerprint density at radius 2 is 2.14 bits per heavy atom. The Morgan fingerprint density at radius 1 is 1.36 bits per heavy atom. The lowest BCUT2D eigenvalue weighted by atomic mass is 10.4. The molecule has 0 aliphatic heterocycles. The molecule has 0 saturated heterocycles. The van der Waals surface area contributed by atoms with Crippen molar-refractivity contribution < 1.29 is 9.15 Å². The summed E-state index contributed by atoms with van der Waals surface area (Å²) in [6.45, 7) is 4.05. The maximum atomic E-state index is 5.35. The van der Waals surface area contributed by atoms with Gasteiger partial charge in [-0.2, -0.15) is 0 Å². The Balaban J connectivity index is 2.27. The van der Waals surface area contributed by atoms with Gasteiger partial charge in [0.1, 0.15) is 6.61 Å². The minimum atomic E-state index is 0.417. The van der Waals surface area contributed by atoms with Gasteiger partial charge in [0.15, 0.2) is 0 Å². The molecule has 1 rings (SSSR count). The van der Waals surface area contributed by atoms with Crippen LogP contribution in [0.2, 0.25) is 0 Å². The van der Waals surface area contributed by atoms with E-state index in [1.807, 2.05) is 7.05 Å². The van der Waals surface area contributed by atoms with E-state index in [2.05, 4.69) is 22.4 Å². The van der Waals surface area contributed by atoms with E-state index < -0.39 is 0 Å². The summed E-state index contributed by atoms with van der Waals surface area (Å²) < 4.78 is 10.6. The summed E-state index contributed by atoms with van der Waals surface area (Å²) in [6, 6.07) is 0. The Bertz CT molecular complexity index is 250. The third kappa shape index (κ3) is 3.85. The molecule has 0 saturated carbocycles. The monoisotopic (exact) mass is 199 g/mol. The van der Waals surface area contributed by atoms with Crippen molar-refractivity contribution >= 4 is 0 Å². The van der Waals surface area contributed by atoms with Gasteiger partial charge in [-0.05, 0) is 13.5 Å². The highest BCUT2D eigenvalue weighted by Crippen LogP contribution is 2.01. The molecule has 1 aromatic rings. The van der Waals surface area contributed by atoms with Crippen LogP contribution < -0.4 is 5.32 Å². The van der Waals surface area contributed by atoms with Gasteiger partial charge in [0.05, 0.1) is 0 Å². The zero-order valence-electron chi connectivity index (χ0n) is 8.75. The molecule has 0 fully saturated rings. The van der Waals surface area contributed by atoms with Crippen molar-refractivity contribution in [3.63, 3.8) is 0 Å². The van der Waals surface area contributed by atoms with Crippen LogP contribution in [0.15, 0.2) is 4.42 Å². The van der Waals surface area contributed by atoms with Crippen molar-refractivity contribution in [2.75, 3.05) is 20.2 Å². The second-order valence-corrected chi connectivity index (χ2v) is 3.00. The molecule has 0 atom stereocenters. The minimum absolute atomic E-state index is 0.417. The molecule has 0 aromatic carbocycles. The van der Waals surface area contributed by atoms with Gasteiger partial charge in [-0.25, -0.2) is 0 Å². The summed E-state index contributed by atoms with van der Waals surface area (Å²) >= 11 is 0. The van der Waals surface area contributed by atoms with Crippen molar-refractivity contribution in [1.82, 2.24) is 15.5 Å². The van der Waals surface area contributed by atoms with Crippen LogP contribution in [-0.4, -0.2) is 30.4 Å². The van der Waals surface area contributed by atoms with Crippen LogP contribution in [-0.2, 0) is 17.8 Å². The van der Waals surface area contributed by atoms with Crippen molar-refractivity contribution in [3.05, 3.63) is 11.8 Å². The Kier molecular flexibility index (Phi) is 5.17. The van der Waals surface area contributed by atoms with Crippen LogP contribution in [0.4, 0.5) is 0 Å². The Labute approximate surface area is 83.9 Å². The molecule has 0 aliphatic rings. The van der Waals surface area contributed by atoms with E-state index in [-0.39, 0.29) is 0 Å². The number of rotatable bonds is 7. The first-order chi connectivity index (χ1) is 6.86. The molecular weight excluding hydrogens is 182 g/mol. The van der Waals surface area contributed by atoms with E-state index in [4.69, 9.17) is 9.15 Å². The fourth-order valence-electron chi connectivity index (χ4n) is 0.983. The molecule has 0 amide bonds. The molecule has 5 nitrogen and oxygen atoms in total. The molecule has 0 bridgehead atoms. The van der Waals surface area contributed by atoms with E-state index in [9.17, 15) is 0 Å². The summed E-state index contributed by atoms with van der Waals surface area (Å²) in [4.78, 5) is 0. The SMILES string of the molecule is CCCOCc1nnc(CCNC)o1. The minimum Gasteiger partial charge on any atom is -0.423 e. The fourth-order valence-corrected chi connectivity index (χ4v) is 0.983. The predicted octanol–water partition coefficient (Wildman–Crippen LogP) is 0.758. The lowest BCUT2D eigenvalue weighted by molar-refractivity contribution is 0.102. The second-order valence-electron chi connectivity index (χ2n) is 3.00. The summed E-state index contributed by atoms with van der Waals surface area (Å²) in [6.07, 6.45) is 1.76. The molecule has 1 heterocycles. The van der Waals surface area contributed by atoms with Crippen LogP contribution in [0.25, 0.3) is 0 Å². The zero-order valence-corrected chi connectivity index (χ0v) is 8.75. The van der Waals surface area contributed by atoms with E-state index in [1.54, 1.807) is 0 Å². The number of nitrogens with zero attached hydrogens (tertiary/aromatic N) is 2. The third-order valence-electron chi connectivity index (χ3n) is 1.67. The van der Waals surface area contributed by atoms with Crippen molar-refractivity contribution in [1.29, 1.82) is 0 Å². The lowest BCUT2D eigenvalue weighted by Crippen LogP contribution is -2.10. The van der Waals surface area contributed by atoms with Gasteiger partial charge in [-0.1, -0.05) is 6.92 Å². The smallest absolute Gasteiger partial charge is 0.242 e. The van der Waals surface area contributed by atoms with Crippen LogP contribution in [0.1, 0.15) is 25.1 Å². The highest BCUT2D eigenvalue weighted by atomic mass is 16.5. The lowest BCUT2D eigenvalue weighted by Gasteiger charge is -1.96. The van der Waals surface area contributed by atoms with Gasteiger partial charge in [-0.3, -0.25) is 0 Å². The van der Waals surface area contributed by atoms with E-state index in [1.165, 1.54) is 0 Å². The molecule has 1 aromatic heterocycles. The topological polar surface area (TPSA) is 60.2 Å². The average Bonchev–Trinajstić information content (AvgIpc) is 2.63. The Morgan fingerprint density at radius 3 is 2.86 bits per heavy atom. The number of hydrogen-bond donors (Lipinski definition) is 1. The van der Waals surface area contributed by atoms with E-state index >= 15 is 0 Å². The van der Waals surface area contributed by atoms with Gasteiger partial charge in [-0.15, -0.1) is 10.2 Å². The first kappa shape index (κ1) is 11.1. The fraction of sp³-hybridized carbons (Fsp3) is 0.778. The molecule has 0 spiro atoms. The summed E-state index contributed by atoms with van der Waals surface area (Å²) in [5.74, 6) is 1.22. The molecule has 0 aliphatic carbocycles. The highest BCUT2D eigenvalue weighted by molar-refractivity contribution is 4.80. The van der Waals surface area contributed by atoms with Gasteiger partial charge in [0.25, 0.3) is 0 Å². The number of hydrogen-bond acceptors (Lipinski definition) is 5. The molecular formula is C9H17N3O2. The summed E-state index contributed by atoms with van der Waals surface area (Å²) in [5, 5.41) is 10.8. The second kappa shape index (κ2) is 6.50. The van der Waals surface area contributed by atoms with Crippen LogP contribution >= 0.6 is 0 Å². The number of nitrogens with one attached hydrogen (secondary N) is 1. The third-order valence-corrected chi connectivity index (χ3v) is 1.67. The zero-order chi connectivity index (χ0) is 10.2. The van der Waals surface area contributed by atoms with Crippen molar-refractivity contribution in [3.8, 4) is 0 Å². The average molecular weight is 199 g/mol. The molecule has 80 valence electrons. The quantitative estimate of drug-likeness (QED) is 0.657. The van der Waals surface area contributed by atoms with Crippen molar-refractivity contribution in [2.45, 2.75) is 26.4 Å². The van der Waals surface area contributed by atoms with E-state index in [0.717, 1.165) is 26.0 Å². The Hall–Kier alpha value is -0.940.